The fourth-order valence-electron chi connectivity index (χ4n) is 4.18. The molecule has 1 N–H and O–H groups in total. The summed E-state index contributed by atoms with van der Waals surface area (Å²) in [4.78, 5) is 51.4. The van der Waals surface area contributed by atoms with Gasteiger partial charge in [-0.1, -0.05) is 35.9 Å². The van der Waals surface area contributed by atoms with Crippen molar-refractivity contribution in [3.05, 3.63) is 71.3 Å². The van der Waals surface area contributed by atoms with E-state index in [1.54, 1.807) is 18.2 Å². The van der Waals surface area contributed by atoms with Crippen LogP contribution in [0.3, 0.4) is 0 Å². The number of anilines is 2. The lowest BCUT2D eigenvalue weighted by Crippen LogP contribution is -2.31. The van der Waals surface area contributed by atoms with Crippen LogP contribution in [0.4, 0.5) is 11.4 Å². The van der Waals surface area contributed by atoms with Gasteiger partial charge in [-0.15, -0.1) is 0 Å². The second-order valence-corrected chi connectivity index (χ2v) is 8.16. The molecule has 0 bridgehead atoms. The average Bonchev–Trinajstić information content (AvgIpc) is 3.04. The SMILES string of the molecule is Cc1ccc(NC(=O)COC(=O)c2cccc(N3C(=O)[C@@H]4CC=CC[C@H]4C3=O)c2)c(C)c1. The number of carbonyl (C=O) groups is 4. The number of amides is 3. The van der Waals surface area contributed by atoms with Crippen molar-refractivity contribution in [3.8, 4) is 0 Å². The molecule has 3 amide bonds. The Bertz CT molecular complexity index is 1110. The van der Waals surface area contributed by atoms with Crippen molar-refractivity contribution < 1.29 is 23.9 Å². The molecule has 7 heteroatoms. The van der Waals surface area contributed by atoms with Crippen LogP contribution in [0, 0.1) is 25.7 Å². The minimum atomic E-state index is -0.708. The third-order valence-electron chi connectivity index (χ3n) is 5.84. The second-order valence-electron chi connectivity index (χ2n) is 8.16. The van der Waals surface area contributed by atoms with Gasteiger partial charge in [0, 0.05) is 5.69 Å². The largest absolute Gasteiger partial charge is 0.452 e. The third kappa shape index (κ3) is 4.19. The van der Waals surface area contributed by atoms with Gasteiger partial charge in [-0.05, 0) is 56.5 Å². The number of allylic oxidation sites excluding steroid dienone is 2. The van der Waals surface area contributed by atoms with Gasteiger partial charge in [0.15, 0.2) is 6.61 Å². The molecule has 2 aromatic rings. The topological polar surface area (TPSA) is 92.8 Å². The summed E-state index contributed by atoms with van der Waals surface area (Å²) in [6, 6.07) is 11.8. The van der Waals surface area contributed by atoms with E-state index in [0.717, 1.165) is 16.0 Å². The molecule has 0 aromatic heterocycles. The van der Waals surface area contributed by atoms with Gasteiger partial charge in [-0.25, -0.2) is 4.79 Å². The number of carbonyl (C=O) groups excluding carboxylic acids is 4. The van der Waals surface area contributed by atoms with E-state index in [1.165, 1.54) is 12.1 Å². The molecule has 1 saturated heterocycles. The van der Waals surface area contributed by atoms with Crippen LogP contribution in [0.15, 0.2) is 54.6 Å². The number of ether oxygens (including phenoxy) is 1. The van der Waals surface area contributed by atoms with Crippen LogP contribution in [-0.4, -0.2) is 30.3 Å². The lowest BCUT2D eigenvalue weighted by molar-refractivity contribution is -0.122. The first-order valence-electron chi connectivity index (χ1n) is 10.5. The normalized spacial score (nSPS) is 19.6. The molecular weight excluding hydrogens is 408 g/mol. The van der Waals surface area contributed by atoms with Crippen molar-refractivity contribution in [1.82, 2.24) is 0 Å². The lowest BCUT2D eigenvalue weighted by atomic mass is 9.85. The summed E-state index contributed by atoms with van der Waals surface area (Å²) >= 11 is 0. The highest BCUT2D eigenvalue weighted by molar-refractivity contribution is 6.22. The molecule has 2 atom stereocenters. The molecule has 0 radical (unpaired) electrons. The summed E-state index contributed by atoms with van der Waals surface area (Å²) in [6.07, 6.45) is 4.94. The molecule has 2 aromatic carbocycles. The minimum Gasteiger partial charge on any atom is -0.452 e. The molecule has 2 aliphatic rings. The van der Waals surface area contributed by atoms with E-state index in [2.05, 4.69) is 5.32 Å². The monoisotopic (exact) mass is 432 g/mol. The molecule has 32 heavy (non-hydrogen) atoms. The number of nitrogens with zero attached hydrogens (tertiary/aromatic N) is 1. The zero-order chi connectivity index (χ0) is 22.8. The van der Waals surface area contributed by atoms with Gasteiger partial charge in [-0.3, -0.25) is 19.3 Å². The van der Waals surface area contributed by atoms with Crippen molar-refractivity contribution in [1.29, 1.82) is 0 Å². The van der Waals surface area contributed by atoms with E-state index in [0.29, 0.717) is 24.2 Å². The quantitative estimate of drug-likeness (QED) is 0.443. The summed E-state index contributed by atoms with van der Waals surface area (Å²) in [5.41, 5.74) is 3.14. The maximum absolute atomic E-state index is 12.8. The molecule has 1 aliphatic carbocycles. The summed E-state index contributed by atoms with van der Waals surface area (Å²) in [7, 11) is 0. The van der Waals surface area contributed by atoms with Gasteiger partial charge in [-0.2, -0.15) is 0 Å². The highest BCUT2D eigenvalue weighted by atomic mass is 16.5. The van der Waals surface area contributed by atoms with Gasteiger partial charge in [0.05, 0.1) is 23.1 Å². The molecule has 0 spiro atoms. The van der Waals surface area contributed by atoms with Crippen LogP contribution in [-0.2, 0) is 19.1 Å². The van der Waals surface area contributed by atoms with Gasteiger partial charge < -0.3 is 10.1 Å². The Morgan fingerprint density at radius 2 is 1.69 bits per heavy atom. The van der Waals surface area contributed by atoms with Crippen molar-refractivity contribution in [3.63, 3.8) is 0 Å². The molecule has 4 rings (SSSR count). The maximum Gasteiger partial charge on any atom is 0.338 e. The van der Waals surface area contributed by atoms with Crippen molar-refractivity contribution in [2.24, 2.45) is 11.8 Å². The Labute approximate surface area is 186 Å². The predicted octanol–water partition coefficient (Wildman–Crippen LogP) is 3.55. The summed E-state index contributed by atoms with van der Waals surface area (Å²) < 4.78 is 5.14. The van der Waals surface area contributed by atoms with Crippen LogP contribution in [0.5, 0.6) is 0 Å². The van der Waals surface area contributed by atoms with Gasteiger partial charge in [0.1, 0.15) is 0 Å². The van der Waals surface area contributed by atoms with Crippen LogP contribution >= 0.6 is 0 Å². The van der Waals surface area contributed by atoms with E-state index >= 15 is 0 Å². The Morgan fingerprint density at radius 1 is 1.00 bits per heavy atom. The van der Waals surface area contributed by atoms with Crippen LogP contribution in [0.1, 0.15) is 34.3 Å². The third-order valence-corrected chi connectivity index (χ3v) is 5.84. The molecule has 1 fully saturated rings. The lowest BCUT2D eigenvalue weighted by Gasteiger charge is -2.15. The molecule has 7 nitrogen and oxygen atoms in total. The number of aryl methyl sites for hydroxylation is 2. The number of hydrogen-bond acceptors (Lipinski definition) is 5. The van der Waals surface area contributed by atoms with Crippen LogP contribution < -0.4 is 10.2 Å². The molecular formula is C25H24N2O5. The van der Waals surface area contributed by atoms with Gasteiger partial charge >= 0.3 is 5.97 Å². The predicted molar refractivity (Wildman–Crippen MR) is 119 cm³/mol. The summed E-state index contributed by atoms with van der Waals surface area (Å²) in [5.74, 6) is -2.36. The number of imide groups is 1. The fourth-order valence-corrected chi connectivity index (χ4v) is 4.18. The smallest absolute Gasteiger partial charge is 0.338 e. The highest BCUT2D eigenvalue weighted by Crippen LogP contribution is 2.37. The van der Waals surface area contributed by atoms with E-state index in [4.69, 9.17) is 4.74 Å². The first-order valence-corrected chi connectivity index (χ1v) is 10.5. The number of benzene rings is 2. The van der Waals surface area contributed by atoms with Crippen molar-refractivity contribution in [2.75, 3.05) is 16.8 Å². The maximum atomic E-state index is 12.8. The number of fused-ring (bicyclic) bond motifs is 1. The number of rotatable bonds is 5. The second kappa shape index (κ2) is 8.78. The zero-order valence-corrected chi connectivity index (χ0v) is 18.0. The number of nitrogens with one attached hydrogen (secondary N) is 1. The fraction of sp³-hybridized carbons (Fsp3) is 0.280. The van der Waals surface area contributed by atoms with E-state index in [-0.39, 0.29) is 29.2 Å². The molecule has 1 heterocycles. The van der Waals surface area contributed by atoms with Crippen LogP contribution in [0.2, 0.25) is 0 Å². The number of esters is 1. The van der Waals surface area contributed by atoms with E-state index < -0.39 is 18.5 Å². The first-order chi connectivity index (χ1) is 15.3. The minimum absolute atomic E-state index is 0.162. The Balaban J connectivity index is 1.41. The van der Waals surface area contributed by atoms with Crippen molar-refractivity contribution in [2.45, 2.75) is 26.7 Å². The molecule has 0 saturated carbocycles. The molecule has 164 valence electrons. The number of hydrogen-bond donors (Lipinski definition) is 1. The highest BCUT2D eigenvalue weighted by Gasteiger charge is 2.47. The first kappa shape index (κ1) is 21.5. The van der Waals surface area contributed by atoms with Crippen LogP contribution in [0.25, 0.3) is 0 Å². The summed E-state index contributed by atoms with van der Waals surface area (Å²) in [5, 5.41) is 2.72. The summed E-state index contributed by atoms with van der Waals surface area (Å²) in [6.45, 7) is 3.39. The Hall–Kier alpha value is -3.74. The van der Waals surface area contributed by atoms with E-state index in [9.17, 15) is 19.2 Å². The zero-order valence-electron chi connectivity index (χ0n) is 18.0. The van der Waals surface area contributed by atoms with Gasteiger partial charge in [0.25, 0.3) is 5.91 Å². The molecule has 1 aliphatic heterocycles. The van der Waals surface area contributed by atoms with E-state index in [1.807, 2.05) is 38.1 Å². The van der Waals surface area contributed by atoms with Gasteiger partial charge in [0.2, 0.25) is 11.8 Å². The average molecular weight is 432 g/mol. The Kier molecular flexibility index (Phi) is 5.90. The molecule has 0 unspecified atom stereocenters. The standard InChI is InChI=1S/C25H24N2O5/c1-15-10-11-21(16(2)12-15)26-22(28)14-32-25(31)17-6-5-7-18(13-17)27-23(29)19-8-3-4-9-20(19)24(27)30/h3-7,10-13,19-20H,8-9,14H2,1-2H3,(H,26,28)/t19-,20-/m1/s1. The van der Waals surface area contributed by atoms with Crippen molar-refractivity contribution >= 4 is 35.1 Å². The Morgan fingerprint density at radius 3 is 2.34 bits per heavy atom.